The van der Waals surface area contributed by atoms with E-state index in [2.05, 4.69) is 6.92 Å². The third-order valence-electron chi connectivity index (χ3n) is 5.12. The number of unbranched alkanes of at least 4 members (excludes halogenated alkanes) is 5. The summed E-state index contributed by atoms with van der Waals surface area (Å²) in [7, 11) is 1.31. The van der Waals surface area contributed by atoms with Crippen LogP contribution in [0.2, 0.25) is 0 Å². The lowest BCUT2D eigenvalue weighted by Crippen LogP contribution is -2.07. The molecule has 0 unspecified atom stereocenters. The zero-order valence-electron chi connectivity index (χ0n) is 17.8. The Morgan fingerprint density at radius 1 is 1.03 bits per heavy atom. The maximum atomic E-state index is 13.2. The maximum absolute atomic E-state index is 13.2. The number of benzene rings is 2. The van der Waals surface area contributed by atoms with Crippen LogP contribution in [-0.2, 0) is 4.74 Å². The van der Waals surface area contributed by atoms with Crippen LogP contribution in [0.4, 0.5) is 0 Å². The molecule has 0 amide bonds. The summed E-state index contributed by atoms with van der Waals surface area (Å²) in [6.45, 7) is 2.79. The lowest BCUT2D eigenvalue weighted by Gasteiger charge is -2.11. The molecule has 0 aliphatic carbocycles. The SMILES string of the molecule is CCCCCCCCOc1cc(SC)cc2c(=O)c3cc(C(=O)OC)ccc3oc12. The number of carbonyl (C=O) groups is 1. The Morgan fingerprint density at radius 2 is 1.80 bits per heavy atom. The number of fused-ring (bicyclic) bond motifs is 2. The third kappa shape index (κ3) is 4.98. The first-order valence-corrected chi connectivity index (χ1v) is 11.6. The Bertz CT molecular complexity index is 1090. The van der Waals surface area contributed by atoms with Gasteiger partial charge in [-0.25, -0.2) is 4.79 Å². The molecule has 2 aromatic carbocycles. The van der Waals surface area contributed by atoms with Crippen LogP contribution in [0.25, 0.3) is 21.9 Å². The van der Waals surface area contributed by atoms with Gasteiger partial charge in [0, 0.05) is 4.90 Å². The van der Waals surface area contributed by atoms with E-state index in [9.17, 15) is 9.59 Å². The van der Waals surface area contributed by atoms with Crippen LogP contribution in [0, 0.1) is 0 Å². The summed E-state index contributed by atoms with van der Waals surface area (Å²) in [5.74, 6) is 0.0960. The Labute approximate surface area is 180 Å². The van der Waals surface area contributed by atoms with Gasteiger partial charge in [-0.15, -0.1) is 11.8 Å². The number of esters is 1. The van der Waals surface area contributed by atoms with E-state index in [4.69, 9.17) is 13.9 Å². The van der Waals surface area contributed by atoms with Crippen molar-refractivity contribution < 1.29 is 18.7 Å². The molecule has 30 heavy (non-hydrogen) atoms. The molecule has 6 heteroatoms. The minimum atomic E-state index is -0.489. The van der Waals surface area contributed by atoms with Crippen LogP contribution in [0.15, 0.2) is 44.4 Å². The van der Waals surface area contributed by atoms with Crippen molar-refractivity contribution in [2.45, 2.75) is 50.3 Å². The zero-order chi connectivity index (χ0) is 21.5. The molecular formula is C24H28O5S. The molecule has 0 bridgehead atoms. The number of carbonyl (C=O) groups excluding carboxylic acids is 1. The maximum Gasteiger partial charge on any atom is 0.337 e. The first-order valence-electron chi connectivity index (χ1n) is 10.4. The highest BCUT2D eigenvalue weighted by molar-refractivity contribution is 7.98. The van der Waals surface area contributed by atoms with Crippen LogP contribution in [0.5, 0.6) is 5.75 Å². The van der Waals surface area contributed by atoms with Crippen LogP contribution in [0.3, 0.4) is 0 Å². The minimum Gasteiger partial charge on any atom is -0.490 e. The molecule has 0 aliphatic rings. The van der Waals surface area contributed by atoms with Crippen molar-refractivity contribution in [1.82, 2.24) is 0 Å². The predicted octanol–water partition coefficient (Wildman–Crippen LogP) is 6.19. The lowest BCUT2D eigenvalue weighted by atomic mass is 10.1. The lowest BCUT2D eigenvalue weighted by molar-refractivity contribution is 0.0601. The van der Waals surface area contributed by atoms with Crippen molar-refractivity contribution in [3.63, 3.8) is 0 Å². The van der Waals surface area contributed by atoms with Gasteiger partial charge in [-0.05, 0) is 43.0 Å². The largest absolute Gasteiger partial charge is 0.490 e. The fraction of sp³-hybridized carbons (Fsp3) is 0.417. The summed E-state index contributed by atoms with van der Waals surface area (Å²) >= 11 is 1.54. The second kappa shape index (κ2) is 10.5. The van der Waals surface area contributed by atoms with Crippen molar-refractivity contribution in [2.24, 2.45) is 0 Å². The molecule has 1 aromatic heterocycles. The Balaban J connectivity index is 1.93. The van der Waals surface area contributed by atoms with E-state index in [1.54, 1.807) is 23.9 Å². The molecule has 0 N–H and O–H groups in total. The molecule has 0 spiro atoms. The third-order valence-corrected chi connectivity index (χ3v) is 5.83. The molecule has 0 saturated heterocycles. The van der Waals surface area contributed by atoms with Crippen LogP contribution < -0.4 is 10.2 Å². The second-order valence-corrected chi connectivity index (χ2v) is 8.13. The number of hydrogen-bond donors (Lipinski definition) is 0. The van der Waals surface area contributed by atoms with Crippen molar-refractivity contribution in [2.75, 3.05) is 20.0 Å². The summed E-state index contributed by atoms with van der Waals surface area (Å²) in [5, 5.41) is 0.805. The van der Waals surface area contributed by atoms with E-state index < -0.39 is 5.97 Å². The standard InChI is InChI=1S/C24H28O5S/c1-4-5-6-7-8-9-12-28-21-15-17(30-3)14-19-22(25)18-13-16(24(26)27-2)10-11-20(18)29-23(19)21/h10-11,13-15H,4-9,12H2,1-3H3. The van der Waals surface area contributed by atoms with Crippen LogP contribution in [-0.4, -0.2) is 25.9 Å². The molecule has 160 valence electrons. The molecule has 0 saturated carbocycles. The van der Waals surface area contributed by atoms with Gasteiger partial charge in [-0.2, -0.15) is 0 Å². The van der Waals surface area contributed by atoms with Crippen molar-refractivity contribution in [3.8, 4) is 5.75 Å². The van der Waals surface area contributed by atoms with Crippen molar-refractivity contribution in [1.29, 1.82) is 0 Å². The van der Waals surface area contributed by atoms with Crippen molar-refractivity contribution in [3.05, 3.63) is 46.1 Å². The fourth-order valence-electron chi connectivity index (χ4n) is 3.44. The van der Waals surface area contributed by atoms with Gasteiger partial charge in [0.15, 0.2) is 11.3 Å². The second-order valence-electron chi connectivity index (χ2n) is 7.25. The van der Waals surface area contributed by atoms with Gasteiger partial charge in [-0.1, -0.05) is 39.0 Å². The summed E-state index contributed by atoms with van der Waals surface area (Å²) in [6, 6.07) is 8.48. The Kier molecular flexibility index (Phi) is 7.80. The molecule has 0 fully saturated rings. The normalized spacial score (nSPS) is 11.2. The number of hydrogen-bond acceptors (Lipinski definition) is 6. The van der Waals surface area contributed by atoms with Crippen LogP contribution in [0.1, 0.15) is 55.8 Å². The summed E-state index contributed by atoms with van der Waals surface area (Å²) in [6.07, 6.45) is 9.03. The molecule has 0 radical (unpaired) electrons. The van der Waals surface area contributed by atoms with E-state index >= 15 is 0 Å². The van der Waals surface area contributed by atoms with Gasteiger partial charge < -0.3 is 13.9 Å². The van der Waals surface area contributed by atoms with Gasteiger partial charge >= 0.3 is 5.97 Å². The van der Waals surface area contributed by atoms with Gasteiger partial charge in [-0.3, -0.25) is 4.79 Å². The predicted molar refractivity (Wildman–Crippen MR) is 122 cm³/mol. The zero-order valence-corrected chi connectivity index (χ0v) is 18.6. The van der Waals surface area contributed by atoms with Gasteiger partial charge in [0.05, 0.1) is 30.1 Å². The highest BCUT2D eigenvalue weighted by Gasteiger charge is 2.16. The van der Waals surface area contributed by atoms with Gasteiger partial charge in [0.25, 0.3) is 0 Å². The first kappa shape index (κ1) is 22.2. The average Bonchev–Trinajstić information content (AvgIpc) is 2.78. The highest BCUT2D eigenvalue weighted by Crippen LogP contribution is 2.32. The monoisotopic (exact) mass is 428 g/mol. The van der Waals surface area contributed by atoms with E-state index in [1.807, 2.05) is 18.4 Å². The summed E-state index contributed by atoms with van der Waals surface area (Å²) < 4.78 is 16.8. The number of thioether (sulfide) groups is 1. The first-order chi connectivity index (χ1) is 14.6. The van der Waals surface area contributed by atoms with E-state index in [0.717, 1.165) is 17.7 Å². The number of methoxy groups -OCH3 is 1. The molecule has 3 aromatic rings. The molecule has 0 atom stereocenters. The quantitative estimate of drug-likeness (QED) is 0.166. The van der Waals surface area contributed by atoms with Gasteiger partial charge in [0.2, 0.25) is 5.43 Å². The minimum absolute atomic E-state index is 0.183. The Hall–Kier alpha value is -2.47. The van der Waals surface area contributed by atoms with E-state index in [0.29, 0.717) is 39.9 Å². The van der Waals surface area contributed by atoms with Crippen molar-refractivity contribution >= 4 is 39.7 Å². The smallest absolute Gasteiger partial charge is 0.337 e. The molecule has 0 aliphatic heterocycles. The topological polar surface area (TPSA) is 65.7 Å². The van der Waals surface area contributed by atoms with Gasteiger partial charge in [0.1, 0.15) is 5.58 Å². The van der Waals surface area contributed by atoms with E-state index in [-0.39, 0.29) is 5.43 Å². The van der Waals surface area contributed by atoms with E-state index in [1.165, 1.54) is 38.9 Å². The highest BCUT2D eigenvalue weighted by atomic mass is 32.2. The molecule has 1 heterocycles. The summed E-state index contributed by atoms with van der Waals surface area (Å²) in [5.41, 5.74) is 0.998. The molecule has 5 nitrogen and oxygen atoms in total. The molecule has 3 rings (SSSR count). The number of rotatable bonds is 10. The fourth-order valence-corrected chi connectivity index (χ4v) is 3.90. The molecular weight excluding hydrogens is 400 g/mol. The average molecular weight is 429 g/mol. The summed E-state index contributed by atoms with van der Waals surface area (Å²) in [4.78, 5) is 25.9. The van der Waals surface area contributed by atoms with Crippen LogP contribution >= 0.6 is 11.8 Å². The Morgan fingerprint density at radius 3 is 2.53 bits per heavy atom. The number of ether oxygens (including phenoxy) is 2.